The number of hydrogen-bond acceptors (Lipinski definition) is 6. The summed E-state index contributed by atoms with van der Waals surface area (Å²) in [7, 11) is -3.63. The number of nitrogens with one attached hydrogen (secondary N) is 1. The van der Waals surface area contributed by atoms with Gasteiger partial charge in [-0.2, -0.15) is 0 Å². The van der Waals surface area contributed by atoms with E-state index >= 15 is 0 Å². The first-order chi connectivity index (χ1) is 11.9. The van der Waals surface area contributed by atoms with Crippen LogP contribution in [0.15, 0.2) is 47.4 Å². The first kappa shape index (κ1) is 16.1. The normalized spacial score (nSPS) is 16.0. The van der Waals surface area contributed by atoms with Gasteiger partial charge in [-0.15, -0.1) is 0 Å². The third-order valence-electron chi connectivity index (χ3n) is 4.25. The number of sulfone groups is 1. The highest BCUT2D eigenvalue weighted by Gasteiger charge is 2.37. The summed E-state index contributed by atoms with van der Waals surface area (Å²) in [5.74, 6) is 0. The van der Waals surface area contributed by atoms with Crippen LogP contribution in [0.2, 0.25) is 0 Å². The summed E-state index contributed by atoms with van der Waals surface area (Å²) < 4.78 is 26.5. The lowest BCUT2D eigenvalue weighted by Crippen LogP contribution is -2.24. The molecule has 3 aromatic rings. The van der Waals surface area contributed by atoms with Gasteiger partial charge in [0.2, 0.25) is 9.84 Å². The van der Waals surface area contributed by atoms with Crippen molar-refractivity contribution in [1.29, 1.82) is 0 Å². The first-order valence-electron chi connectivity index (χ1n) is 7.80. The van der Waals surface area contributed by atoms with Crippen molar-refractivity contribution in [3.05, 3.63) is 58.5 Å². The number of benzene rings is 2. The summed E-state index contributed by atoms with van der Waals surface area (Å²) in [5, 5.41) is 2.65. The monoisotopic (exact) mass is 371 g/mol. The minimum Gasteiger partial charge on any atom is -0.375 e. The van der Waals surface area contributed by atoms with Crippen LogP contribution in [0.1, 0.15) is 21.4 Å². The molecule has 2 aromatic carbocycles. The van der Waals surface area contributed by atoms with Crippen LogP contribution in [0, 0.1) is 13.8 Å². The summed E-state index contributed by atoms with van der Waals surface area (Å²) in [6, 6.07) is 12.8. The van der Waals surface area contributed by atoms with E-state index in [4.69, 9.17) is 5.73 Å². The third-order valence-corrected chi connectivity index (χ3v) is 7.24. The average molecular weight is 371 g/mol. The van der Waals surface area contributed by atoms with Gasteiger partial charge in [0.15, 0.2) is 10.5 Å². The number of thiazole rings is 1. The number of nitrogens with two attached hydrogens (primary N) is 1. The van der Waals surface area contributed by atoms with Crippen LogP contribution in [0.5, 0.6) is 0 Å². The third kappa shape index (κ3) is 2.60. The molecule has 2 heterocycles. The molecular weight excluding hydrogens is 354 g/mol. The molecule has 0 fully saturated rings. The predicted molar refractivity (Wildman–Crippen MR) is 101 cm³/mol. The highest BCUT2D eigenvalue weighted by molar-refractivity contribution is 7.92. The van der Waals surface area contributed by atoms with E-state index in [2.05, 4.69) is 10.3 Å². The molecule has 1 aliphatic rings. The number of anilines is 2. The number of rotatable bonds is 2. The molecule has 0 spiro atoms. The van der Waals surface area contributed by atoms with E-state index in [1.807, 2.05) is 38.1 Å². The molecule has 3 N–H and O–H groups in total. The van der Waals surface area contributed by atoms with E-state index in [9.17, 15) is 8.42 Å². The Labute approximate surface area is 150 Å². The van der Waals surface area contributed by atoms with Gasteiger partial charge < -0.3 is 11.1 Å². The average Bonchev–Trinajstić information content (AvgIpc) is 2.95. The summed E-state index contributed by atoms with van der Waals surface area (Å²) in [6.45, 7) is 3.87. The molecule has 4 rings (SSSR count). The quantitative estimate of drug-likeness (QED) is 0.713. The van der Waals surface area contributed by atoms with Gasteiger partial charge in [0.05, 0.1) is 15.5 Å². The lowest BCUT2D eigenvalue weighted by Gasteiger charge is -2.26. The molecule has 1 atom stereocenters. The van der Waals surface area contributed by atoms with Gasteiger partial charge in [-0.1, -0.05) is 35.1 Å². The van der Waals surface area contributed by atoms with Crippen molar-refractivity contribution in [3.8, 4) is 11.3 Å². The molecule has 7 heteroatoms. The molecule has 1 unspecified atom stereocenters. The summed E-state index contributed by atoms with van der Waals surface area (Å²) >= 11 is 1.22. The predicted octanol–water partition coefficient (Wildman–Crippen LogP) is 3.91. The van der Waals surface area contributed by atoms with Crippen molar-refractivity contribution < 1.29 is 8.42 Å². The van der Waals surface area contributed by atoms with E-state index in [-0.39, 0.29) is 0 Å². The van der Waals surface area contributed by atoms with Gasteiger partial charge in [0.1, 0.15) is 0 Å². The maximum Gasteiger partial charge on any atom is 0.204 e. The lowest BCUT2D eigenvalue weighted by atomic mass is 10.0. The SMILES string of the molecule is Cc1cccc(S(=O)(=O)C2Nc3ccc(C)cc3-c3nc(N)sc32)c1. The topological polar surface area (TPSA) is 85.1 Å². The van der Waals surface area contributed by atoms with Crippen LogP contribution in [-0.2, 0) is 9.84 Å². The van der Waals surface area contributed by atoms with Gasteiger partial charge in [-0.25, -0.2) is 13.4 Å². The molecule has 5 nitrogen and oxygen atoms in total. The Morgan fingerprint density at radius 2 is 1.88 bits per heavy atom. The molecule has 0 amide bonds. The van der Waals surface area contributed by atoms with Crippen molar-refractivity contribution >= 4 is 32.0 Å². The molecule has 0 bridgehead atoms. The fourth-order valence-corrected chi connectivity index (χ4v) is 5.92. The van der Waals surface area contributed by atoms with Gasteiger partial charge in [-0.05, 0) is 43.7 Å². The zero-order valence-electron chi connectivity index (χ0n) is 13.8. The fraction of sp³-hybridized carbons (Fsp3) is 0.167. The van der Waals surface area contributed by atoms with Crippen molar-refractivity contribution in [3.63, 3.8) is 0 Å². The van der Waals surface area contributed by atoms with E-state index < -0.39 is 15.2 Å². The molecule has 128 valence electrons. The van der Waals surface area contributed by atoms with Crippen molar-refractivity contribution in [2.75, 3.05) is 11.1 Å². The Morgan fingerprint density at radius 3 is 2.64 bits per heavy atom. The Kier molecular flexibility index (Phi) is 3.59. The van der Waals surface area contributed by atoms with Gasteiger partial charge in [-0.3, -0.25) is 0 Å². The maximum absolute atomic E-state index is 13.3. The highest BCUT2D eigenvalue weighted by atomic mass is 32.2. The lowest BCUT2D eigenvalue weighted by molar-refractivity contribution is 0.587. The molecular formula is C18H17N3O2S2. The summed E-state index contributed by atoms with van der Waals surface area (Å²) in [5.41, 5.74) is 10.2. The van der Waals surface area contributed by atoms with Gasteiger partial charge in [0.25, 0.3) is 0 Å². The molecule has 25 heavy (non-hydrogen) atoms. The number of fused-ring (bicyclic) bond motifs is 3. The number of aryl methyl sites for hydroxylation is 2. The fourth-order valence-electron chi connectivity index (χ4n) is 3.05. The minimum absolute atomic E-state index is 0.290. The molecule has 1 aliphatic heterocycles. The van der Waals surface area contributed by atoms with Crippen molar-refractivity contribution in [2.45, 2.75) is 24.1 Å². The number of hydrogen-bond donors (Lipinski definition) is 2. The number of nitrogens with zero attached hydrogens (tertiary/aromatic N) is 1. The second-order valence-electron chi connectivity index (χ2n) is 6.20. The van der Waals surface area contributed by atoms with Crippen molar-refractivity contribution in [1.82, 2.24) is 4.98 Å². The molecule has 1 aromatic heterocycles. The standard InChI is InChI=1S/C18H17N3O2S2/c1-10-4-3-5-12(8-10)25(22,23)17-16-15(21-18(19)24-16)13-9-11(2)6-7-14(13)20-17/h3-9,17,20H,1-2H3,(H2,19,21). The van der Waals surface area contributed by atoms with Crippen LogP contribution < -0.4 is 11.1 Å². The summed E-state index contributed by atoms with van der Waals surface area (Å²) in [6.07, 6.45) is 0. The second-order valence-corrected chi connectivity index (χ2v) is 9.29. The molecule has 0 saturated carbocycles. The van der Waals surface area contributed by atoms with Crippen LogP contribution >= 0.6 is 11.3 Å². The van der Waals surface area contributed by atoms with Crippen molar-refractivity contribution in [2.24, 2.45) is 0 Å². The van der Waals surface area contributed by atoms with E-state index in [1.165, 1.54) is 11.3 Å². The summed E-state index contributed by atoms with van der Waals surface area (Å²) in [4.78, 5) is 5.33. The molecule has 0 saturated heterocycles. The zero-order chi connectivity index (χ0) is 17.8. The Balaban J connectivity index is 1.91. The number of nitrogen functional groups attached to an aromatic ring is 1. The smallest absolute Gasteiger partial charge is 0.204 e. The zero-order valence-corrected chi connectivity index (χ0v) is 15.4. The van der Waals surface area contributed by atoms with Crippen LogP contribution in [0.4, 0.5) is 10.8 Å². The maximum atomic E-state index is 13.3. The van der Waals surface area contributed by atoms with Crippen LogP contribution in [-0.4, -0.2) is 13.4 Å². The molecule has 0 radical (unpaired) electrons. The first-order valence-corrected chi connectivity index (χ1v) is 10.2. The van der Waals surface area contributed by atoms with Crippen LogP contribution in [0.25, 0.3) is 11.3 Å². The Morgan fingerprint density at radius 1 is 1.12 bits per heavy atom. The highest BCUT2D eigenvalue weighted by Crippen LogP contribution is 2.47. The van der Waals surface area contributed by atoms with Gasteiger partial charge in [0, 0.05) is 11.3 Å². The largest absolute Gasteiger partial charge is 0.375 e. The second kappa shape index (κ2) is 5.57. The number of aromatic nitrogens is 1. The van der Waals surface area contributed by atoms with E-state index in [0.29, 0.717) is 20.6 Å². The van der Waals surface area contributed by atoms with Crippen LogP contribution in [0.3, 0.4) is 0 Å². The van der Waals surface area contributed by atoms with E-state index in [0.717, 1.165) is 22.4 Å². The van der Waals surface area contributed by atoms with E-state index in [1.54, 1.807) is 18.2 Å². The molecule has 0 aliphatic carbocycles. The van der Waals surface area contributed by atoms with Gasteiger partial charge >= 0.3 is 0 Å². The minimum atomic E-state index is -3.63. The Hall–Kier alpha value is -2.38. The Bertz CT molecular complexity index is 1090.